The van der Waals surface area contributed by atoms with Gasteiger partial charge in [0.05, 0.1) is 27.8 Å². The molecule has 0 spiro atoms. The Hall–Kier alpha value is -3.22. The number of rotatable bonds is 8. The van der Waals surface area contributed by atoms with Crippen molar-refractivity contribution in [1.82, 2.24) is 4.90 Å². The fourth-order valence-corrected chi connectivity index (χ4v) is 3.75. The molecule has 1 aliphatic rings. The maximum absolute atomic E-state index is 13.2. The van der Waals surface area contributed by atoms with E-state index in [2.05, 4.69) is 0 Å². The first-order valence-corrected chi connectivity index (χ1v) is 10.4. The van der Waals surface area contributed by atoms with Crippen LogP contribution >= 0.6 is 0 Å². The van der Waals surface area contributed by atoms with Gasteiger partial charge in [-0.25, -0.2) is 0 Å². The zero-order valence-corrected chi connectivity index (χ0v) is 18.3. The Kier molecular flexibility index (Phi) is 7.76. The minimum Gasteiger partial charge on any atom is -0.493 e. The minimum atomic E-state index is -0.964. The highest BCUT2D eigenvalue weighted by Gasteiger charge is 2.30. The third-order valence-corrected chi connectivity index (χ3v) is 5.32. The van der Waals surface area contributed by atoms with E-state index in [0.717, 1.165) is 19.3 Å². The molecule has 1 aliphatic heterocycles. The van der Waals surface area contributed by atoms with E-state index in [-0.39, 0.29) is 12.3 Å². The van der Waals surface area contributed by atoms with Crippen LogP contribution in [0.5, 0.6) is 17.2 Å². The number of methoxy groups -OCH3 is 3. The summed E-state index contributed by atoms with van der Waals surface area (Å²) in [7, 11) is 4.55. The number of amides is 1. The molecular weight excluding hydrogens is 398 g/mol. The lowest BCUT2D eigenvalue weighted by atomic mass is 10.1. The van der Waals surface area contributed by atoms with Crippen LogP contribution in [-0.4, -0.2) is 51.2 Å². The number of nitrogens with zero attached hydrogens (tertiary/aromatic N) is 1. The van der Waals surface area contributed by atoms with Gasteiger partial charge in [0.1, 0.15) is 0 Å². The zero-order valence-electron chi connectivity index (χ0n) is 18.3. The number of piperidine rings is 1. The highest BCUT2D eigenvalue weighted by atomic mass is 16.5. The lowest BCUT2D eigenvalue weighted by molar-refractivity contribution is -0.160. The van der Waals surface area contributed by atoms with E-state index < -0.39 is 12.1 Å². The van der Waals surface area contributed by atoms with Crippen molar-refractivity contribution in [3.8, 4) is 17.2 Å². The van der Waals surface area contributed by atoms with Crippen molar-refractivity contribution < 1.29 is 28.5 Å². The minimum absolute atomic E-state index is 0.0344. The Labute approximate surface area is 182 Å². The molecule has 0 N–H and O–H groups in total. The summed E-state index contributed by atoms with van der Waals surface area (Å²) in [5.41, 5.74) is 1.30. The van der Waals surface area contributed by atoms with Crippen LogP contribution in [0.25, 0.3) is 0 Å². The number of ether oxygens (including phenoxy) is 4. The standard InChI is InChI=1S/C24H29NO6/c1-28-19-14-17(15-20(29-2)23(19)30-3)16-21(26)31-22(18-10-6-4-7-11-18)24(27)25-12-8-5-9-13-25/h4,6-7,10-11,14-15,22H,5,8-9,12-13,16H2,1-3H3/t22-/m0/s1. The largest absolute Gasteiger partial charge is 0.493 e. The molecule has 1 saturated heterocycles. The van der Waals surface area contributed by atoms with Gasteiger partial charge in [0.2, 0.25) is 11.9 Å². The molecule has 0 radical (unpaired) electrons. The monoisotopic (exact) mass is 427 g/mol. The van der Waals surface area contributed by atoms with E-state index in [1.165, 1.54) is 21.3 Å². The van der Waals surface area contributed by atoms with E-state index in [1.54, 1.807) is 29.2 Å². The van der Waals surface area contributed by atoms with Crippen LogP contribution in [0.1, 0.15) is 36.5 Å². The number of benzene rings is 2. The SMILES string of the molecule is COc1cc(CC(=O)O[C@H](C(=O)N2CCCCC2)c2ccccc2)cc(OC)c1OC. The van der Waals surface area contributed by atoms with E-state index >= 15 is 0 Å². The Balaban J connectivity index is 1.80. The summed E-state index contributed by atoms with van der Waals surface area (Å²) in [6, 6.07) is 12.5. The Morgan fingerprint density at radius 3 is 2.06 bits per heavy atom. The third kappa shape index (κ3) is 5.48. The number of hydrogen-bond donors (Lipinski definition) is 0. The van der Waals surface area contributed by atoms with Crippen LogP contribution in [0.15, 0.2) is 42.5 Å². The van der Waals surface area contributed by atoms with Gasteiger partial charge >= 0.3 is 5.97 Å². The first-order valence-electron chi connectivity index (χ1n) is 10.4. The summed E-state index contributed by atoms with van der Waals surface area (Å²) < 4.78 is 21.7. The van der Waals surface area contributed by atoms with Gasteiger partial charge in [-0.2, -0.15) is 0 Å². The van der Waals surface area contributed by atoms with Crippen molar-refractivity contribution in [3.05, 3.63) is 53.6 Å². The zero-order chi connectivity index (χ0) is 22.2. The van der Waals surface area contributed by atoms with Gasteiger partial charge in [-0.3, -0.25) is 9.59 Å². The topological polar surface area (TPSA) is 74.3 Å². The first-order chi connectivity index (χ1) is 15.1. The molecule has 3 rings (SSSR count). The van der Waals surface area contributed by atoms with Crippen LogP contribution in [0.3, 0.4) is 0 Å². The van der Waals surface area contributed by atoms with Crippen molar-refractivity contribution in [2.75, 3.05) is 34.4 Å². The van der Waals surface area contributed by atoms with Crippen LogP contribution in [0, 0.1) is 0 Å². The predicted octanol–water partition coefficient (Wildman–Crippen LogP) is 3.55. The average Bonchev–Trinajstić information content (AvgIpc) is 2.82. The van der Waals surface area contributed by atoms with Gasteiger partial charge in [-0.15, -0.1) is 0 Å². The molecule has 2 aromatic rings. The van der Waals surface area contributed by atoms with Crippen LogP contribution < -0.4 is 14.2 Å². The molecule has 31 heavy (non-hydrogen) atoms. The van der Waals surface area contributed by atoms with Crippen molar-refractivity contribution in [1.29, 1.82) is 0 Å². The summed E-state index contributed by atoms with van der Waals surface area (Å²) in [5, 5.41) is 0. The van der Waals surface area contributed by atoms with Gasteiger partial charge in [-0.1, -0.05) is 30.3 Å². The maximum atomic E-state index is 13.2. The molecule has 0 saturated carbocycles. The molecule has 166 valence electrons. The third-order valence-electron chi connectivity index (χ3n) is 5.32. The molecule has 1 fully saturated rings. The van der Waals surface area contributed by atoms with Crippen molar-refractivity contribution in [2.24, 2.45) is 0 Å². The molecule has 0 aromatic heterocycles. The molecule has 1 atom stereocenters. The molecule has 7 heteroatoms. The fourth-order valence-electron chi connectivity index (χ4n) is 3.75. The van der Waals surface area contributed by atoms with Gasteiger partial charge < -0.3 is 23.8 Å². The molecule has 7 nitrogen and oxygen atoms in total. The molecule has 0 aliphatic carbocycles. The van der Waals surface area contributed by atoms with Gasteiger partial charge in [-0.05, 0) is 37.0 Å². The van der Waals surface area contributed by atoms with E-state index in [9.17, 15) is 9.59 Å². The average molecular weight is 427 g/mol. The van der Waals surface area contributed by atoms with E-state index in [1.807, 2.05) is 18.2 Å². The first kappa shape index (κ1) is 22.5. The highest BCUT2D eigenvalue weighted by Crippen LogP contribution is 2.38. The van der Waals surface area contributed by atoms with Gasteiger partial charge in [0, 0.05) is 18.7 Å². The predicted molar refractivity (Wildman–Crippen MR) is 116 cm³/mol. The Morgan fingerprint density at radius 2 is 1.52 bits per heavy atom. The smallest absolute Gasteiger partial charge is 0.311 e. The summed E-state index contributed by atoms with van der Waals surface area (Å²) >= 11 is 0. The summed E-state index contributed by atoms with van der Waals surface area (Å²) in [5.74, 6) is 0.671. The van der Waals surface area contributed by atoms with Crippen molar-refractivity contribution in [3.63, 3.8) is 0 Å². The maximum Gasteiger partial charge on any atom is 0.311 e. The number of esters is 1. The van der Waals surface area contributed by atoms with Crippen LogP contribution in [0.2, 0.25) is 0 Å². The molecular formula is C24H29NO6. The molecule has 0 unspecified atom stereocenters. The fraction of sp³-hybridized carbons (Fsp3) is 0.417. The van der Waals surface area contributed by atoms with Crippen LogP contribution in [0.4, 0.5) is 0 Å². The normalized spacial score (nSPS) is 14.5. The molecule has 1 heterocycles. The second-order valence-corrected chi connectivity index (χ2v) is 7.38. The lowest BCUT2D eigenvalue weighted by Crippen LogP contribution is -2.40. The van der Waals surface area contributed by atoms with Crippen molar-refractivity contribution >= 4 is 11.9 Å². The number of likely N-dealkylation sites (tertiary alicyclic amines) is 1. The van der Waals surface area contributed by atoms with Crippen molar-refractivity contribution in [2.45, 2.75) is 31.8 Å². The van der Waals surface area contributed by atoms with Crippen LogP contribution in [-0.2, 0) is 20.7 Å². The number of hydrogen-bond acceptors (Lipinski definition) is 6. The number of carbonyl (C=O) groups is 2. The van der Waals surface area contributed by atoms with E-state index in [0.29, 0.717) is 41.5 Å². The summed E-state index contributed by atoms with van der Waals surface area (Å²) in [6.45, 7) is 1.37. The van der Waals surface area contributed by atoms with Gasteiger partial charge in [0.15, 0.2) is 11.5 Å². The lowest BCUT2D eigenvalue weighted by Gasteiger charge is -2.30. The second kappa shape index (κ2) is 10.7. The summed E-state index contributed by atoms with van der Waals surface area (Å²) in [4.78, 5) is 27.8. The second-order valence-electron chi connectivity index (χ2n) is 7.38. The Morgan fingerprint density at radius 1 is 0.903 bits per heavy atom. The molecule has 2 aromatic carbocycles. The quantitative estimate of drug-likeness (QED) is 0.600. The van der Waals surface area contributed by atoms with E-state index in [4.69, 9.17) is 18.9 Å². The molecule has 0 bridgehead atoms. The summed E-state index contributed by atoms with van der Waals surface area (Å²) in [6.07, 6.45) is 2.04. The highest BCUT2D eigenvalue weighted by molar-refractivity contribution is 5.85. The Bertz CT molecular complexity index is 867. The van der Waals surface area contributed by atoms with Gasteiger partial charge in [0.25, 0.3) is 5.91 Å². The molecule has 1 amide bonds. The number of carbonyl (C=O) groups excluding carboxylic acids is 2.